The van der Waals surface area contributed by atoms with Crippen molar-refractivity contribution in [1.29, 1.82) is 0 Å². The van der Waals surface area contributed by atoms with Crippen LogP contribution in [0.25, 0.3) is 10.8 Å². The predicted octanol–water partition coefficient (Wildman–Crippen LogP) is 4.23. The van der Waals surface area contributed by atoms with Crippen LogP contribution in [0.3, 0.4) is 0 Å². The summed E-state index contributed by atoms with van der Waals surface area (Å²) < 4.78 is 27.7. The van der Waals surface area contributed by atoms with Gasteiger partial charge in [0.2, 0.25) is 0 Å². The van der Waals surface area contributed by atoms with Crippen LogP contribution < -0.4 is 4.18 Å². The average Bonchev–Trinajstić information content (AvgIpc) is 2.64. The first-order chi connectivity index (χ1) is 13.2. The van der Waals surface area contributed by atoms with E-state index >= 15 is 0 Å². The second-order valence-electron chi connectivity index (χ2n) is 6.99. The van der Waals surface area contributed by atoms with Crippen molar-refractivity contribution in [3.63, 3.8) is 0 Å². The summed E-state index contributed by atoms with van der Waals surface area (Å²) in [6.07, 6.45) is 1.00. The molecule has 0 bridgehead atoms. The van der Waals surface area contributed by atoms with Crippen molar-refractivity contribution in [3.05, 3.63) is 77.9 Å². The Hall–Kier alpha value is -2.86. The first-order valence-corrected chi connectivity index (χ1v) is 10.8. The molecule has 0 unspecified atom stereocenters. The topological polar surface area (TPSA) is 63.7 Å². The lowest BCUT2D eigenvalue weighted by atomic mass is 10.0. The van der Waals surface area contributed by atoms with Gasteiger partial charge in [0.05, 0.1) is 6.26 Å². The minimum atomic E-state index is -3.60. The monoisotopic (exact) mass is 397 g/mol. The zero-order valence-electron chi connectivity index (χ0n) is 16.1. The van der Waals surface area contributed by atoms with Crippen LogP contribution in [0.15, 0.2) is 66.7 Å². The van der Waals surface area contributed by atoms with E-state index in [4.69, 9.17) is 4.18 Å². The summed E-state index contributed by atoms with van der Waals surface area (Å²) >= 11 is 0. The molecule has 0 heterocycles. The van der Waals surface area contributed by atoms with Gasteiger partial charge in [-0.1, -0.05) is 48.5 Å². The number of hydrogen-bond donors (Lipinski definition) is 0. The van der Waals surface area contributed by atoms with E-state index in [2.05, 4.69) is 0 Å². The Bertz CT molecular complexity index is 1100. The largest absolute Gasteiger partial charge is 0.383 e. The molecule has 0 aliphatic heterocycles. The summed E-state index contributed by atoms with van der Waals surface area (Å²) in [5.74, 6) is 0.169. The Morgan fingerprint density at radius 2 is 1.68 bits per heavy atom. The molecule has 0 spiro atoms. The molecule has 0 fully saturated rings. The van der Waals surface area contributed by atoms with Gasteiger partial charge >= 0.3 is 10.1 Å². The number of rotatable bonds is 6. The molecule has 0 aromatic heterocycles. The van der Waals surface area contributed by atoms with Crippen LogP contribution in [0.4, 0.5) is 0 Å². The molecule has 3 rings (SSSR count). The van der Waals surface area contributed by atoms with E-state index < -0.39 is 10.1 Å². The highest BCUT2D eigenvalue weighted by Crippen LogP contribution is 2.23. The third-order valence-electron chi connectivity index (χ3n) is 4.40. The van der Waals surface area contributed by atoms with Crippen molar-refractivity contribution in [2.45, 2.75) is 26.4 Å². The van der Waals surface area contributed by atoms with E-state index in [1.807, 2.05) is 62.4 Å². The molecule has 28 heavy (non-hydrogen) atoms. The Balaban J connectivity index is 1.92. The summed E-state index contributed by atoms with van der Waals surface area (Å²) in [6, 6.07) is 20.3. The molecule has 0 aliphatic carbocycles. The molecule has 146 valence electrons. The number of carbonyl (C=O) groups excluding carboxylic acids is 1. The predicted molar refractivity (Wildman–Crippen MR) is 111 cm³/mol. The van der Waals surface area contributed by atoms with Crippen LogP contribution in [0.1, 0.15) is 29.8 Å². The fraction of sp³-hybridized carbons (Fsp3) is 0.227. The summed E-state index contributed by atoms with van der Waals surface area (Å²) in [7, 11) is -3.60. The molecule has 0 saturated heterocycles. The first kappa shape index (κ1) is 19.9. The molecule has 0 saturated carbocycles. The SMILES string of the molecule is CC(C)N(Cc1cccc(OS(C)(=O)=O)c1)C(=O)c1cccc2ccccc12. The average molecular weight is 397 g/mol. The van der Waals surface area contributed by atoms with E-state index in [1.54, 1.807) is 23.1 Å². The van der Waals surface area contributed by atoms with Gasteiger partial charge in [0.1, 0.15) is 5.75 Å². The number of benzene rings is 3. The highest BCUT2D eigenvalue weighted by Gasteiger charge is 2.21. The maximum atomic E-state index is 13.3. The second kappa shape index (κ2) is 8.02. The fourth-order valence-electron chi connectivity index (χ4n) is 3.12. The standard InChI is InChI=1S/C22H23NO4S/c1-16(2)23(15-17-8-6-11-19(14-17)27-28(3,25)26)22(24)21-13-7-10-18-9-4-5-12-20(18)21/h4-14,16H,15H2,1-3H3. The third-order valence-corrected chi connectivity index (χ3v) is 4.90. The van der Waals surface area contributed by atoms with Gasteiger partial charge in [-0.15, -0.1) is 0 Å². The van der Waals surface area contributed by atoms with Crippen molar-refractivity contribution >= 4 is 26.8 Å². The lowest BCUT2D eigenvalue weighted by molar-refractivity contribution is 0.0692. The van der Waals surface area contributed by atoms with E-state index in [-0.39, 0.29) is 17.7 Å². The van der Waals surface area contributed by atoms with E-state index in [0.717, 1.165) is 22.6 Å². The van der Waals surface area contributed by atoms with Crippen molar-refractivity contribution in [2.75, 3.05) is 6.26 Å². The van der Waals surface area contributed by atoms with Crippen LogP contribution in [-0.4, -0.2) is 31.5 Å². The Kier molecular flexibility index (Phi) is 5.70. The van der Waals surface area contributed by atoms with E-state index in [0.29, 0.717) is 12.1 Å². The lowest BCUT2D eigenvalue weighted by Gasteiger charge is -2.27. The fourth-order valence-corrected chi connectivity index (χ4v) is 3.58. The lowest BCUT2D eigenvalue weighted by Crippen LogP contribution is -2.36. The molecule has 0 atom stereocenters. The zero-order chi connectivity index (χ0) is 20.3. The molecular weight excluding hydrogens is 374 g/mol. The van der Waals surface area contributed by atoms with Gasteiger partial charge in [0.15, 0.2) is 0 Å². The second-order valence-corrected chi connectivity index (χ2v) is 8.56. The Morgan fingerprint density at radius 3 is 2.39 bits per heavy atom. The van der Waals surface area contributed by atoms with Gasteiger partial charge in [0, 0.05) is 18.2 Å². The number of nitrogens with zero attached hydrogens (tertiary/aromatic N) is 1. The molecule has 6 heteroatoms. The minimum absolute atomic E-state index is 0.0362. The molecule has 3 aromatic carbocycles. The zero-order valence-corrected chi connectivity index (χ0v) is 16.9. The van der Waals surface area contributed by atoms with Gasteiger partial charge < -0.3 is 9.08 Å². The molecule has 0 aliphatic rings. The Labute approximate surface area is 165 Å². The molecule has 1 amide bonds. The summed E-state index contributed by atoms with van der Waals surface area (Å²) in [4.78, 5) is 15.1. The number of fused-ring (bicyclic) bond motifs is 1. The van der Waals surface area contributed by atoms with Crippen molar-refractivity contribution < 1.29 is 17.4 Å². The van der Waals surface area contributed by atoms with E-state index in [9.17, 15) is 13.2 Å². The van der Waals surface area contributed by atoms with Crippen molar-refractivity contribution in [3.8, 4) is 5.75 Å². The number of amides is 1. The van der Waals surface area contributed by atoms with Gasteiger partial charge in [-0.05, 0) is 48.4 Å². The highest BCUT2D eigenvalue weighted by molar-refractivity contribution is 7.86. The third kappa shape index (κ3) is 4.70. The number of hydrogen-bond acceptors (Lipinski definition) is 4. The van der Waals surface area contributed by atoms with Gasteiger partial charge in [-0.2, -0.15) is 8.42 Å². The minimum Gasteiger partial charge on any atom is -0.383 e. The van der Waals surface area contributed by atoms with Gasteiger partial charge in [-0.3, -0.25) is 4.79 Å². The Morgan fingerprint density at radius 1 is 1.00 bits per heavy atom. The van der Waals surface area contributed by atoms with Crippen LogP contribution in [-0.2, 0) is 16.7 Å². The number of carbonyl (C=O) groups is 1. The first-order valence-electron chi connectivity index (χ1n) is 9.02. The molecule has 3 aromatic rings. The van der Waals surface area contributed by atoms with E-state index in [1.165, 1.54) is 0 Å². The maximum Gasteiger partial charge on any atom is 0.306 e. The van der Waals surface area contributed by atoms with Gasteiger partial charge in [-0.25, -0.2) is 0 Å². The van der Waals surface area contributed by atoms with Crippen molar-refractivity contribution in [1.82, 2.24) is 4.90 Å². The van der Waals surface area contributed by atoms with Crippen molar-refractivity contribution in [2.24, 2.45) is 0 Å². The van der Waals surface area contributed by atoms with Crippen LogP contribution in [0, 0.1) is 0 Å². The van der Waals surface area contributed by atoms with Crippen LogP contribution in [0.5, 0.6) is 5.75 Å². The smallest absolute Gasteiger partial charge is 0.306 e. The molecular formula is C22H23NO4S. The van der Waals surface area contributed by atoms with Crippen LogP contribution in [0.2, 0.25) is 0 Å². The quantitative estimate of drug-likeness (QED) is 0.584. The molecule has 5 nitrogen and oxygen atoms in total. The maximum absolute atomic E-state index is 13.3. The molecule has 0 N–H and O–H groups in total. The normalized spacial score (nSPS) is 11.6. The van der Waals surface area contributed by atoms with Crippen LogP contribution >= 0.6 is 0 Å². The van der Waals surface area contributed by atoms with Gasteiger partial charge in [0.25, 0.3) is 5.91 Å². The summed E-state index contributed by atoms with van der Waals surface area (Å²) in [5, 5.41) is 1.93. The molecule has 0 radical (unpaired) electrons. The summed E-state index contributed by atoms with van der Waals surface area (Å²) in [5.41, 5.74) is 1.44. The summed E-state index contributed by atoms with van der Waals surface area (Å²) in [6.45, 7) is 4.26. The highest BCUT2D eigenvalue weighted by atomic mass is 32.2.